The normalized spacial score (nSPS) is 15.3. The average molecular weight is 767 g/mol. The summed E-state index contributed by atoms with van der Waals surface area (Å²) in [5, 5.41) is 20.6. The first-order chi connectivity index (χ1) is 21.6. The van der Waals surface area contributed by atoms with Crippen LogP contribution >= 0.6 is 43.5 Å². The second-order valence-corrected chi connectivity index (χ2v) is 11.8. The van der Waals surface area contributed by atoms with Crippen LogP contribution in [0.4, 0.5) is 4.79 Å². The van der Waals surface area contributed by atoms with Crippen molar-refractivity contribution in [1.82, 2.24) is 16.1 Å². The number of esters is 1. The van der Waals surface area contributed by atoms with Gasteiger partial charge in [0.05, 0.1) is 40.5 Å². The van der Waals surface area contributed by atoms with E-state index < -0.39 is 24.3 Å². The number of benzene rings is 3. The Kier molecular flexibility index (Phi) is 12.1. The molecule has 3 aromatic carbocycles. The molecule has 238 valence electrons. The molecule has 0 saturated carbocycles. The summed E-state index contributed by atoms with van der Waals surface area (Å²) in [6, 6.07) is 14.9. The highest BCUT2D eigenvalue weighted by molar-refractivity contribution is 9.11. The van der Waals surface area contributed by atoms with Crippen molar-refractivity contribution in [3.63, 3.8) is 0 Å². The fourth-order valence-electron chi connectivity index (χ4n) is 4.35. The van der Waals surface area contributed by atoms with Gasteiger partial charge in [0.2, 0.25) is 0 Å². The van der Waals surface area contributed by atoms with E-state index in [0.717, 1.165) is 20.1 Å². The van der Waals surface area contributed by atoms with Crippen molar-refractivity contribution in [2.24, 2.45) is 5.10 Å². The highest BCUT2D eigenvalue weighted by atomic mass is 79.9. The minimum absolute atomic E-state index is 0.155. The Morgan fingerprint density at radius 3 is 2.47 bits per heavy atom. The molecule has 4 rings (SSSR count). The van der Waals surface area contributed by atoms with Gasteiger partial charge in [0, 0.05) is 10.7 Å². The summed E-state index contributed by atoms with van der Waals surface area (Å²) in [5.41, 5.74) is 5.59. The molecule has 11 nitrogen and oxygen atoms in total. The summed E-state index contributed by atoms with van der Waals surface area (Å²) in [7, 11) is 1.27. The Balaban J connectivity index is 1.37. The van der Waals surface area contributed by atoms with Crippen LogP contribution in [0.1, 0.15) is 36.6 Å². The van der Waals surface area contributed by atoms with E-state index in [4.69, 9.17) is 30.5 Å². The largest absolute Gasteiger partial charge is 0.490 e. The number of carbonyl (C=O) groups is 2. The first-order valence-electron chi connectivity index (χ1n) is 13.7. The van der Waals surface area contributed by atoms with Gasteiger partial charge >= 0.3 is 12.0 Å². The van der Waals surface area contributed by atoms with Crippen LogP contribution < -0.4 is 30.3 Å². The molecule has 0 spiro atoms. The summed E-state index contributed by atoms with van der Waals surface area (Å²) >= 11 is 13.0. The van der Waals surface area contributed by atoms with Crippen molar-refractivity contribution < 1.29 is 33.6 Å². The van der Waals surface area contributed by atoms with E-state index in [0.29, 0.717) is 46.7 Å². The molecule has 14 heteroatoms. The van der Waals surface area contributed by atoms with E-state index >= 15 is 0 Å². The highest BCUT2D eigenvalue weighted by Gasteiger charge is 2.32. The maximum absolute atomic E-state index is 12.4. The van der Waals surface area contributed by atoms with Crippen molar-refractivity contribution in [3.8, 4) is 17.2 Å². The number of carbonyl (C=O) groups excluding carboxylic acids is 2. The van der Waals surface area contributed by atoms with Crippen molar-refractivity contribution in [2.75, 3.05) is 20.3 Å². The van der Waals surface area contributed by atoms with Gasteiger partial charge in [-0.2, -0.15) is 5.10 Å². The number of allylic oxidation sites excluding steroid dienone is 1. The molecule has 0 unspecified atom stereocenters. The summed E-state index contributed by atoms with van der Waals surface area (Å²) < 4.78 is 23.9. The topological polar surface area (TPSA) is 140 Å². The van der Waals surface area contributed by atoms with Crippen LogP contribution in [0.5, 0.6) is 17.2 Å². The van der Waals surface area contributed by atoms with Crippen molar-refractivity contribution in [1.29, 1.82) is 0 Å². The highest BCUT2D eigenvalue weighted by Crippen LogP contribution is 2.36. The molecule has 0 aromatic heterocycles. The number of rotatable bonds is 13. The van der Waals surface area contributed by atoms with Crippen molar-refractivity contribution in [2.45, 2.75) is 32.7 Å². The van der Waals surface area contributed by atoms with Gasteiger partial charge in [0.15, 0.2) is 17.7 Å². The third-order valence-electron chi connectivity index (χ3n) is 6.43. The van der Waals surface area contributed by atoms with Gasteiger partial charge < -0.3 is 34.7 Å². The van der Waals surface area contributed by atoms with Crippen LogP contribution in [0.3, 0.4) is 0 Å². The molecule has 4 N–H and O–H groups in total. The summed E-state index contributed by atoms with van der Waals surface area (Å²) in [5.74, 6) is 0.785. The molecule has 0 bridgehead atoms. The fraction of sp³-hybridized carbons (Fsp3) is 0.258. The molecule has 1 aliphatic rings. The Bertz CT molecular complexity index is 1580. The van der Waals surface area contributed by atoms with Gasteiger partial charge in [-0.3, -0.25) is 5.43 Å². The molecule has 0 saturated heterocycles. The number of aliphatic hydroxyl groups is 1. The summed E-state index contributed by atoms with van der Waals surface area (Å²) in [4.78, 5) is 24.6. The molecule has 0 fully saturated rings. The number of hydrogen-bond donors (Lipinski definition) is 4. The first-order valence-corrected chi connectivity index (χ1v) is 15.6. The summed E-state index contributed by atoms with van der Waals surface area (Å²) in [6.45, 7) is 3.98. The van der Waals surface area contributed by atoms with E-state index in [9.17, 15) is 14.7 Å². The van der Waals surface area contributed by atoms with E-state index in [2.05, 4.69) is 53.0 Å². The molecule has 0 radical (unpaired) electrons. The lowest BCUT2D eigenvalue weighted by atomic mass is 9.95. The van der Waals surface area contributed by atoms with E-state index in [-0.39, 0.29) is 12.2 Å². The van der Waals surface area contributed by atoms with Crippen LogP contribution in [0.25, 0.3) is 0 Å². The lowest BCUT2D eigenvalue weighted by Crippen LogP contribution is -2.45. The van der Waals surface area contributed by atoms with Crippen LogP contribution in [-0.2, 0) is 16.1 Å². The van der Waals surface area contributed by atoms with Crippen molar-refractivity contribution >= 4 is 61.7 Å². The predicted molar refractivity (Wildman–Crippen MR) is 177 cm³/mol. The molecule has 1 heterocycles. The number of hydrogen-bond acceptors (Lipinski definition) is 9. The lowest BCUT2D eigenvalue weighted by molar-refractivity contribution is -0.136. The number of amides is 2. The average Bonchev–Trinajstić information content (AvgIpc) is 3.00. The monoisotopic (exact) mass is 764 g/mol. The number of halogens is 3. The second kappa shape index (κ2) is 16.0. The molecule has 3 aromatic rings. The van der Waals surface area contributed by atoms with Crippen molar-refractivity contribution in [3.05, 3.63) is 96.5 Å². The van der Waals surface area contributed by atoms with Gasteiger partial charge in [-0.15, -0.1) is 0 Å². The molecule has 1 aliphatic heterocycles. The number of nitrogens with zero attached hydrogens (tertiary/aromatic N) is 1. The zero-order valence-electron chi connectivity index (χ0n) is 24.5. The zero-order valence-corrected chi connectivity index (χ0v) is 28.5. The number of nitrogens with one attached hydrogen (secondary N) is 3. The Hall–Kier alpha value is -3.78. The maximum atomic E-state index is 12.4. The Morgan fingerprint density at radius 1 is 1.09 bits per heavy atom. The molecular weight excluding hydrogens is 736 g/mol. The predicted octanol–water partition coefficient (Wildman–Crippen LogP) is 5.96. The SMILES string of the molecule is CCOc1cc([C@@H]2NC(=O)NC(C)=C2C(=O)OC)ccc1OC[C@@H](O)N/N=C\c1cc(Br)c(OCc2ccc(Cl)cc2)c(Br)c1. The van der Waals surface area contributed by atoms with E-state index in [1.165, 1.54) is 7.11 Å². The van der Waals surface area contributed by atoms with Gasteiger partial charge in [0.25, 0.3) is 0 Å². The number of urea groups is 1. The number of methoxy groups -OCH3 is 1. The maximum Gasteiger partial charge on any atom is 0.337 e. The van der Waals surface area contributed by atoms with Gasteiger partial charge in [-0.1, -0.05) is 29.8 Å². The minimum Gasteiger partial charge on any atom is -0.490 e. The fourth-order valence-corrected chi connectivity index (χ4v) is 5.92. The van der Waals surface area contributed by atoms with Crippen LogP contribution in [-0.4, -0.2) is 49.9 Å². The van der Waals surface area contributed by atoms with Gasteiger partial charge in [-0.05, 0) is 98.8 Å². The lowest BCUT2D eigenvalue weighted by Gasteiger charge is -2.28. The number of ether oxygens (including phenoxy) is 4. The standard InChI is InChI=1S/C31H31Br2ClN4O7/c1-4-43-25-13-20(28-27(30(40)42-3)17(2)36-31(41)37-28)7-10-24(25)44-16-26(39)38-35-14-19-11-22(32)29(23(33)12-19)45-15-18-5-8-21(34)9-6-18/h5-14,26,28,38-39H,4,15-16H2,1-3H3,(H2,36,37,41)/b35-14-/t26-,28+/m1/s1. The number of hydrazone groups is 1. The number of aliphatic hydroxyl groups excluding tert-OH is 1. The smallest absolute Gasteiger partial charge is 0.337 e. The molecule has 2 amide bonds. The molecular formula is C31H31Br2ClN4O7. The van der Waals surface area contributed by atoms with E-state index in [1.54, 1.807) is 31.3 Å². The minimum atomic E-state index is -1.15. The van der Waals surface area contributed by atoms with Gasteiger partial charge in [-0.25, -0.2) is 9.59 Å². The van der Waals surface area contributed by atoms with Crippen LogP contribution in [0.2, 0.25) is 5.02 Å². The molecule has 45 heavy (non-hydrogen) atoms. The van der Waals surface area contributed by atoms with Crippen LogP contribution in [0.15, 0.2) is 79.9 Å². The Labute approximate surface area is 282 Å². The third kappa shape index (κ3) is 9.13. The zero-order chi connectivity index (χ0) is 32.5. The third-order valence-corrected chi connectivity index (χ3v) is 7.86. The quantitative estimate of drug-likeness (QED) is 0.0724. The van der Waals surface area contributed by atoms with E-state index in [1.807, 2.05) is 43.3 Å². The van der Waals surface area contributed by atoms with Crippen LogP contribution in [0, 0.1) is 0 Å². The first kappa shape index (κ1) is 34.1. The molecule has 0 aliphatic carbocycles. The second-order valence-electron chi connectivity index (χ2n) is 9.64. The molecule has 2 atom stereocenters. The summed E-state index contributed by atoms with van der Waals surface area (Å²) in [6.07, 6.45) is 0.397. The van der Waals surface area contributed by atoms with Gasteiger partial charge in [0.1, 0.15) is 19.0 Å². The Morgan fingerprint density at radius 2 is 1.80 bits per heavy atom.